The quantitative estimate of drug-likeness (QED) is 0.855. The van der Waals surface area contributed by atoms with Gasteiger partial charge in [0.15, 0.2) is 11.4 Å². The summed E-state index contributed by atoms with van der Waals surface area (Å²) >= 11 is 12.3. The molecule has 22 heavy (non-hydrogen) atoms. The van der Waals surface area contributed by atoms with Gasteiger partial charge in [-0.3, -0.25) is 0 Å². The average molecular weight is 341 g/mol. The Balaban J connectivity index is 2.74. The van der Waals surface area contributed by atoms with Gasteiger partial charge >= 0.3 is 5.97 Å². The number of anilines is 1. The molecule has 0 radical (unpaired) electrons. The number of esters is 1. The number of nitrogens with zero attached hydrogens (tertiary/aromatic N) is 1. The van der Waals surface area contributed by atoms with E-state index in [1.54, 1.807) is 31.3 Å². The zero-order valence-electron chi connectivity index (χ0n) is 12.2. The van der Waals surface area contributed by atoms with Crippen molar-refractivity contribution in [3.63, 3.8) is 0 Å². The first-order valence-electron chi connectivity index (χ1n) is 6.33. The molecule has 2 aromatic rings. The molecule has 7 heteroatoms. The smallest absolute Gasteiger partial charge is 0.360 e. The van der Waals surface area contributed by atoms with Gasteiger partial charge in [-0.25, -0.2) is 9.78 Å². The van der Waals surface area contributed by atoms with Gasteiger partial charge < -0.3 is 14.8 Å². The summed E-state index contributed by atoms with van der Waals surface area (Å²) in [6.45, 7) is 0. The molecule has 2 rings (SSSR count). The van der Waals surface area contributed by atoms with E-state index in [1.165, 1.54) is 14.2 Å². The fourth-order valence-electron chi connectivity index (χ4n) is 2.00. The predicted octanol–water partition coefficient (Wildman–Crippen LogP) is 3.89. The van der Waals surface area contributed by atoms with E-state index in [1.807, 2.05) is 0 Å². The number of nitrogens with one attached hydrogen (secondary N) is 1. The van der Waals surface area contributed by atoms with Crippen LogP contribution in [0.25, 0.3) is 11.3 Å². The largest absolute Gasteiger partial charge is 0.492 e. The summed E-state index contributed by atoms with van der Waals surface area (Å²) in [5, 5.41) is 3.86. The van der Waals surface area contributed by atoms with Crippen LogP contribution in [-0.4, -0.2) is 32.2 Å². The van der Waals surface area contributed by atoms with Gasteiger partial charge in [0.2, 0.25) is 0 Å². The molecule has 116 valence electrons. The van der Waals surface area contributed by atoms with Crippen LogP contribution in [0.1, 0.15) is 10.5 Å². The highest BCUT2D eigenvalue weighted by Gasteiger charge is 2.24. The minimum atomic E-state index is -0.611. The molecule has 1 heterocycles. The summed E-state index contributed by atoms with van der Waals surface area (Å²) < 4.78 is 10.0. The molecule has 1 aromatic carbocycles. The van der Waals surface area contributed by atoms with Crippen LogP contribution in [0.15, 0.2) is 24.3 Å². The van der Waals surface area contributed by atoms with Crippen molar-refractivity contribution in [2.45, 2.75) is 0 Å². The molecule has 0 aliphatic heterocycles. The van der Waals surface area contributed by atoms with Gasteiger partial charge in [-0.05, 0) is 12.1 Å². The first kappa shape index (κ1) is 16.4. The molecule has 0 atom stereocenters. The van der Waals surface area contributed by atoms with Gasteiger partial charge in [-0.15, -0.1) is 0 Å². The molecule has 1 N–H and O–H groups in total. The third kappa shape index (κ3) is 2.96. The Morgan fingerprint density at radius 2 is 1.82 bits per heavy atom. The minimum absolute atomic E-state index is 0.0451. The zero-order valence-corrected chi connectivity index (χ0v) is 13.7. The molecule has 0 aliphatic rings. The Morgan fingerprint density at radius 3 is 2.32 bits per heavy atom. The normalized spacial score (nSPS) is 10.2. The van der Waals surface area contributed by atoms with Crippen LogP contribution in [0, 0.1) is 0 Å². The number of hydrogen-bond acceptors (Lipinski definition) is 5. The molecule has 0 fully saturated rings. The molecular formula is C15H14Cl2N2O3. The highest BCUT2D eigenvalue weighted by molar-refractivity contribution is 6.36. The molecular weight excluding hydrogens is 327 g/mol. The fraction of sp³-hybridized carbons (Fsp3) is 0.200. The lowest BCUT2D eigenvalue weighted by Gasteiger charge is -2.16. The van der Waals surface area contributed by atoms with Crippen LogP contribution in [0.5, 0.6) is 5.75 Å². The average Bonchev–Trinajstić information content (AvgIpc) is 2.54. The highest BCUT2D eigenvalue weighted by Crippen LogP contribution is 2.40. The lowest BCUT2D eigenvalue weighted by Crippen LogP contribution is -2.10. The molecule has 0 bridgehead atoms. The molecule has 0 saturated carbocycles. The van der Waals surface area contributed by atoms with Crippen molar-refractivity contribution in [2.24, 2.45) is 0 Å². The number of methoxy groups -OCH3 is 2. The second-order valence-corrected chi connectivity index (χ2v) is 5.09. The molecule has 0 unspecified atom stereocenters. The number of ether oxygens (including phenoxy) is 2. The van der Waals surface area contributed by atoms with Gasteiger partial charge in [0.05, 0.1) is 24.9 Å². The van der Waals surface area contributed by atoms with Crippen molar-refractivity contribution in [3.05, 3.63) is 40.0 Å². The van der Waals surface area contributed by atoms with Crippen LogP contribution in [0.2, 0.25) is 10.0 Å². The van der Waals surface area contributed by atoms with E-state index in [0.717, 1.165) is 5.56 Å². The standard InChI is InChI=1S/C15H14Cl2N2O3/c1-18-12-10(17)11(8-4-6-9(16)7-5-8)19-13(14(12)21-2)15(20)22-3/h4-7H,1-3H3,(H,18,19). The Kier molecular flexibility index (Phi) is 5.11. The SMILES string of the molecule is CNc1c(Cl)c(-c2ccc(Cl)cc2)nc(C(=O)OC)c1OC. The van der Waals surface area contributed by atoms with E-state index in [2.05, 4.69) is 10.3 Å². The van der Waals surface area contributed by atoms with Gasteiger partial charge in [0.25, 0.3) is 0 Å². The summed E-state index contributed by atoms with van der Waals surface area (Å²) in [7, 11) is 4.39. The number of carbonyl (C=O) groups is 1. The maximum absolute atomic E-state index is 12.0. The van der Waals surface area contributed by atoms with E-state index in [0.29, 0.717) is 21.4 Å². The number of rotatable bonds is 4. The van der Waals surface area contributed by atoms with Crippen molar-refractivity contribution in [2.75, 3.05) is 26.6 Å². The highest BCUT2D eigenvalue weighted by atomic mass is 35.5. The lowest BCUT2D eigenvalue weighted by atomic mass is 10.1. The van der Waals surface area contributed by atoms with Crippen molar-refractivity contribution in [1.29, 1.82) is 0 Å². The number of aromatic nitrogens is 1. The third-order valence-corrected chi connectivity index (χ3v) is 3.66. The topological polar surface area (TPSA) is 60.5 Å². The summed E-state index contributed by atoms with van der Waals surface area (Å²) in [4.78, 5) is 16.3. The van der Waals surface area contributed by atoms with Crippen molar-refractivity contribution in [3.8, 4) is 17.0 Å². The first-order chi connectivity index (χ1) is 10.5. The van der Waals surface area contributed by atoms with Gasteiger partial charge in [0, 0.05) is 17.6 Å². The van der Waals surface area contributed by atoms with Gasteiger partial charge in [0.1, 0.15) is 5.69 Å². The van der Waals surface area contributed by atoms with E-state index in [9.17, 15) is 4.79 Å². The van der Waals surface area contributed by atoms with Crippen molar-refractivity contribution in [1.82, 2.24) is 4.98 Å². The number of hydrogen-bond donors (Lipinski definition) is 1. The van der Waals surface area contributed by atoms with E-state index in [4.69, 9.17) is 32.7 Å². The van der Waals surface area contributed by atoms with Gasteiger partial charge in [-0.1, -0.05) is 35.3 Å². The predicted molar refractivity (Wildman–Crippen MR) is 87.1 cm³/mol. The fourth-order valence-corrected chi connectivity index (χ4v) is 2.46. The van der Waals surface area contributed by atoms with Crippen LogP contribution in [0.3, 0.4) is 0 Å². The van der Waals surface area contributed by atoms with E-state index >= 15 is 0 Å². The number of pyridine rings is 1. The van der Waals surface area contributed by atoms with Crippen LogP contribution >= 0.6 is 23.2 Å². The second-order valence-electron chi connectivity index (χ2n) is 4.28. The first-order valence-corrected chi connectivity index (χ1v) is 7.08. The molecule has 0 saturated heterocycles. The maximum Gasteiger partial charge on any atom is 0.360 e. The van der Waals surface area contributed by atoms with Crippen LogP contribution in [-0.2, 0) is 4.74 Å². The summed E-state index contributed by atoms with van der Waals surface area (Å²) in [6.07, 6.45) is 0. The maximum atomic E-state index is 12.0. The Morgan fingerprint density at radius 1 is 1.18 bits per heavy atom. The molecule has 5 nitrogen and oxygen atoms in total. The Hall–Kier alpha value is -1.98. The van der Waals surface area contributed by atoms with Crippen LogP contribution in [0.4, 0.5) is 5.69 Å². The monoisotopic (exact) mass is 340 g/mol. The number of halogens is 2. The van der Waals surface area contributed by atoms with E-state index in [-0.39, 0.29) is 11.4 Å². The lowest BCUT2D eigenvalue weighted by molar-refractivity contribution is 0.0590. The summed E-state index contributed by atoms with van der Waals surface area (Å²) in [6, 6.07) is 6.97. The molecule has 0 amide bonds. The van der Waals surface area contributed by atoms with Gasteiger partial charge in [-0.2, -0.15) is 0 Å². The van der Waals surface area contributed by atoms with Crippen molar-refractivity contribution >= 4 is 34.9 Å². The third-order valence-electron chi connectivity index (χ3n) is 3.04. The minimum Gasteiger partial charge on any atom is -0.492 e. The van der Waals surface area contributed by atoms with Crippen LogP contribution < -0.4 is 10.1 Å². The Labute approximate surface area is 138 Å². The molecule has 0 spiro atoms. The molecule has 1 aromatic heterocycles. The number of benzene rings is 1. The second kappa shape index (κ2) is 6.85. The van der Waals surface area contributed by atoms with Crippen molar-refractivity contribution < 1.29 is 14.3 Å². The summed E-state index contributed by atoms with van der Waals surface area (Å²) in [5.74, 6) is -0.378. The summed E-state index contributed by atoms with van der Waals surface area (Å²) in [5.41, 5.74) is 1.66. The number of carbonyl (C=O) groups excluding carboxylic acids is 1. The molecule has 0 aliphatic carbocycles. The zero-order chi connectivity index (χ0) is 16.3. The Bertz CT molecular complexity index is 703. The van der Waals surface area contributed by atoms with E-state index < -0.39 is 5.97 Å².